The minimum Gasteiger partial charge on any atom is -0.370 e. The number of carbonyl (C=O) groups is 2. The van der Waals surface area contributed by atoms with E-state index in [1.54, 1.807) is 12.1 Å². The second-order valence-electron chi connectivity index (χ2n) is 5.23. The van der Waals surface area contributed by atoms with Gasteiger partial charge in [-0.15, -0.1) is 0 Å². The number of rotatable bonds is 10. The Balaban J connectivity index is 2.55. The molecule has 0 spiro atoms. The number of amides is 2. The van der Waals surface area contributed by atoms with Crippen LogP contribution in [0.4, 0.5) is 5.69 Å². The summed E-state index contributed by atoms with van der Waals surface area (Å²) in [5.41, 5.74) is 11.0. The Morgan fingerprint density at radius 1 is 1.14 bits per heavy atom. The predicted molar refractivity (Wildman–Crippen MR) is 81.9 cm³/mol. The van der Waals surface area contributed by atoms with Crippen molar-refractivity contribution in [3.05, 3.63) is 39.9 Å². The summed E-state index contributed by atoms with van der Waals surface area (Å²) in [7, 11) is 0. The molecule has 7 heteroatoms. The van der Waals surface area contributed by atoms with E-state index in [0.29, 0.717) is 18.4 Å². The highest BCUT2D eigenvalue weighted by Gasteiger charge is 2.19. The Morgan fingerprint density at radius 2 is 1.82 bits per heavy atom. The molecule has 0 radical (unpaired) electrons. The SMILES string of the molecule is NC(=O)CCCCCCC(C(N)=O)c1cccc([N+](=O)[O-])c1. The zero-order valence-corrected chi connectivity index (χ0v) is 12.4. The van der Waals surface area contributed by atoms with Crippen molar-refractivity contribution in [1.82, 2.24) is 0 Å². The first kappa shape index (κ1) is 17.6. The van der Waals surface area contributed by atoms with Crippen molar-refractivity contribution in [2.24, 2.45) is 11.5 Å². The van der Waals surface area contributed by atoms with Crippen LogP contribution >= 0.6 is 0 Å². The average Bonchev–Trinajstić information content (AvgIpc) is 2.45. The molecule has 0 fully saturated rings. The smallest absolute Gasteiger partial charge is 0.269 e. The van der Waals surface area contributed by atoms with Crippen LogP contribution in [0.15, 0.2) is 24.3 Å². The topological polar surface area (TPSA) is 129 Å². The highest BCUT2D eigenvalue weighted by atomic mass is 16.6. The van der Waals surface area contributed by atoms with E-state index in [2.05, 4.69) is 0 Å². The quantitative estimate of drug-likeness (QED) is 0.389. The van der Waals surface area contributed by atoms with Crippen LogP contribution in [-0.4, -0.2) is 16.7 Å². The Morgan fingerprint density at radius 3 is 2.41 bits per heavy atom. The van der Waals surface area contributed by atoms with Crippen molar-refractivity contribution in [2.75, 3.05) is 0 Å². The summed E-state index contributed by atoms with van der Waals surface area (Å²) in [5.74, 6) is -1.33. The molecule has 1 atom stereocenters. The maximum absolute atomic E-state index is 11.6. The minimum atomic E-state index is -0.531. The maximum Gasteiger partial charge on any atom is 0.269 e. The summed E-state index contributed by atoms with van der Waals surface area (Å²) in [6, 6.07) is 6.00. The molecule has 1 rings (SSSR count). The van der Waals surface area contributed by atoms with E-state index in [0.717, 1.165) is 25.7 Å². The molecule has 120 valence electrons. The van der Waals surface area contributed by atoms with E-state index in [-0.39, 0.29) is 11.6 Å². The standard InChI is InChI=1S/C15H21N3O4/c16-14(19)9-4-2-1-3-8-13(15(17)20)11-6-5-7-12(10-11)18(21)22/h5-7,10,13H,1-4,8-9H2,(H2,16,19)(H2,17,20). The molecule has 0 aliphatic carbocycles. The van der Waals surface area contributed by atoms with Gasteiger partial charge in [-0.25, -0.2) is 0 Å². The van der Waals surface area contributed by atoms with Gasteiger partial charge >= 0.3 is 0 Å². The number of non-ortho nitro benzene ring substituents is 1. The van der Waals surface area contributed by atoms with Crippen molar-refractivity contribution in [3.8, 4) is 0 Å². The van der Waals surface area contributed by atoms with Gasteiger partial charge in [-0.05, 0) is 18.4 Å². The number of unbranched alkanes of at least 4 members (excludes halogenated alkanes) is 3. The molecule has 1 aromatic carbocycles. The van der Waals surface area contributed by atoms with E-state index in [4.69, 9.17) is 11.5 Å². The monoisotopic (exact) mass is 307 g/mol. The number of hydrogen-bond donors (Lipinski definition) is 2. The van der Waals surface area contributed by atoms with Gasteiger partial charge in [-0.3, -0.25) is 19.7 Å². The second-order valence-corrected chi connectivity index (χ2v) is 5.23. The molecule has 2 amide bonds. The van der Waals surface area contributed by atoms with E-state index in [9.17, 15) is 19.7 Å². The summed E-state index contributed by atoms with van der Waals surface area (Å²) in [4.78, 5) is 32.5. The van der Waals surface area contributed by atoms with Gasteiger partial charge < -0.3 is 11.5 Å². The fourth-order valence-corrected chi connectivity index (χ4v) is 2.33. The normalized spacial score (nSPS) is 11.8. The molecule has 1 aromatic rings. The van der Waals surface area contributed by atoms with Gasteiger partial charge in [0.1, 0.15) is 0 Å². The zero-order valence-electron chi connectivity index (χ0n) is 12.4. The molecule has 22 heavy (non-hydrogen) atoms. The Bertz CT molecular complexity index is 545. The van der Waals surface area contributed by atoms with Gasteiger partial charge in [0.25, 0.3) is 5.69 Å². The fraction of sp³-hybridized carbons (Fsp3) is 0.467. The molecule has 0 heterocycles. The molecule has 0 saturated heterocycles. The number of benzene rings is 1. The van der Waals surface area contributed by atoms with Crippen molar-refractivity contribution >= 4 is 17.5 Å². The lowest BCUT2D eigenvalue weighted by atomic mass is 9.92. The van der Waals surface area contributed by atoms with Crippen LogP contribution in [0.5, 0.6) is 0 Å². The zero-order chi connectivity index (χ0) is 16.5. The number of nitrogens with zero attached hydrogens (tertiary/aromatic N) is 1. The van der Waals surface area contributed by atoms with Crippen LogP contribution in [0.25, 0.3) is 0 Å². The third-order valence-electron chi connectivity index (χ3n) is 3.49. The lowest BCUT2D eigenvalue weighted by Gasteiger charge is -2.13. The van der Waals surface area contributed by atoms with Crippen LogP contribution in [-0.2, 0) is 9.59 Å². The van der Waals surface area contributed by atoms with Crippen molar-refractivity contribution < 1.29 is 14.5 Å². The summed E-state index contributed by atoms with van der Waals surface area (Å²) in [6.07, 6.45) is 4.09. The number of nitro groups is 1. The van der Waals surface area contributed by atoms with Crippen LogP contribution < -0.4 is 11.5 Å². The van der Waals surface area contributed by atoms with Crippen LogP contribution in [0.1, 0.15) is 50.0 Å². The molecule has 0 aromatic heterocycles. The van der Waals surface area contributed by atoms with Gasteiger partial charge in [0.15, 0.2) is 0 Å². The Labute approximate surface area is 128 Å². The molecule has 4 N–H and O–H groups in total. The van der Waals surface area contributed by atoms with E-state index in [1.165, 1.54) is 12.1 Å². The first-order chi connectivity index (χ1) is 10.4. The number of primary amides is 2. The molecule has 0 aliphatic heterocycles. The molecule has 0 saturated carbocycles. The molecular weight excluding hydrogens is 286 g/mol. The summed E-state index contributed by atoms with van der Waals surface area (Å²) in [5, 5.41) is 10.8. The van der Waals surface area contributed by atoms with Gasteiger partial charge in [0.2, 0.25) is 11.8 Å². The van der Waals surface area contributed by atoms with E-state index in [1.807, 2.05) is 0 Å². The predicted octanol–water partition coefficient (Wildman–Crippen LogP) is 1.99. The summed E-state index contributed by atoms with van der Waals surface area (Å²) >= 11 is 0. The van der Waals surface area contributed by atoms with Gasteiger partial charge in [-0.2, -0.15) is 0 Å². The maximum atomic E-state index is 11.6. The fourth-order valence-electron chi connectivity index (χ4n) is 2.33. The van der Waals surface area contributed by atoms with Crippen LogP contribution in [0, 0.1) is 10.1 Å². The Hall–Kier alpha value is -2.44. The first-order valence-corrected chi connectivity index (χ1v) is 7.23. The molecule has 1 unspecified atom stereocenters. The molecule has 0 bridgehead atoms. The van der Waals surface area contributed by atoms with Crippen molar-refractivity contribution in [3.63, 3.8) is 0 Å². The number of hydrogen-bond acceptors (Lipinski definition) is 4. The van der Waals surface area contributed by atoms with E-state index >= 15 is 0 Å². The number of carbonyl (C=O) groups excluding carboxylic acids is 2. The van der Waals surface area contributed by atoms with Gasteiger partial charge in [0, 0.05) is 18.6 Å². The number of nitrogens with two attached hydrogens (primary N) is 2. The third kappa shape index (κ3) is 5.90. The Kier molecular flexibility index (Phi) is 7.01. The number of nitro benzene ring substituents is 1. The molecular formula is C15H21N3O4. The molecule has 7 nitrogen and oxygen atoms in total. The highest BCUT2D eigenvalue weighted by molar-refractivity contribution is 5.82. The third-order valence-corrected chi connectivity index (χ3v) is 3.49. The van der Waals surface area contributed by atoms with E-state index < -0.39 is 16.7 Å². The molecule has 0 aliphatic rings. The lowest BCUT2D eigenvalue weighted by molar-refractivity contribution is -0.384. The summed E-state index contributed by atoms with van der Waals surface area (Å²) in [6.45, 7) is 0. The minimum absolute atomic E-state index is 0.0507. The van der Waals surface area contributed by atoms with Gasteiger partial charge in [-0.1, -0.05) is 31.4 Å². The lowest BCUT2D eigenvalue weighted by Crippen LogP contribution is -2.21. The first-order valence-electron chi connectivity index (χ1n) is 7.23. The van der Waals surface area contributed by atoms with Crippen LogP contribution in [0.3, 0.4) is 0 Å². The largest absolute Gasteiger partial charge is 0.370 e. The highest BCUT2D eigenvalue weighted by Crippen LogP contribution is 2.25. The van der Waals surface area contributed by atoms with Gasteiger partial charge in [0.05, 0.1) is 10.8 Å². The average molecular weight is 307 g/mol. The van der Waals surface area contributed by atoms with Crippen molar-refractivity contribution in [2.45, 2.75) is 44.4 Å². The summed E-state index contributed by atoms with van der Waals surface area (Å²) < 4.78 is 0. The van der Waals surface area contributed by atoms with Crippen LogP contribution in [0.2, 0.25) is 0 Å². The van der Waals surface area contributed by atoms with Crippen molar-refractivity contribution in [1.29, 1.82) is 0 Å². The second kappa shape index (κ2) is 8.76.